The molecule has 0 radical (unpaired) electrons. The number of hydrogen-bond acceptors (Lipinski definition) is 7. The van der Waals surface area contributed by atoms with E-state index in [1.807, 2.05) is 0 Å². The van der Waals surface area contributed by atoms with Gasteiger partial charge in [-0.15, -0.1) is 6.58 Å². The highest BCUT2D eigenvalue weighted by Gasteiger charge is 2.41. The smallest absolute Gasteiger partial charge is 0.289 e. The minimum Gasteiger partial charge on any atom is -0.345 e. The first kappa shape index (κ1) is 21.7. The number of nitro groups is 1. The van der Waals surface area contributed by atoms with Crippen molar-refractivity contribution < 1.29 is 23.0 Å². The van der Waals surface area contributed by atoms with Crippen molar-refractivity contribution in [1.82, 2.24) is 14.7 Å². The van der Waals surface area contributed by atoms with Crippen LogP contribution in [0.15, 0.2) is 53.5 Å². The summed E-state index contributed by atoms with van der Waals surface area (Å²) in [7, 11) is -1.37. The van der Waals surface area contributed by atoms with Crippen LogP contribution in [0.2, 0.25) is 0 Å². The van der Waals surface area contributed by atoms with E-state index in [-0.39, 0.29) is 24.6 Å². The number of hydroxylamine groups is 1. The van der Waals surface area contributed by atoms with Crippen molar-refractivity contribution in [1.29, 1.82) is 0 Å². The number of nitrogens with one attached hydrogen (secondary N) is 1. The number of para-hydroxylation sites is 1. The lowest BCUT2D eigenvalue weighted by Gasteiger charge is -2.33. The van der Waals surface area contributed by atoms with Crippen LogP contribution in [0.25, 0.3) is 0 Å². The summed E-state index contributed by atoms with van der Waals surface area (Å²) in [5.74, 6) is -0.378. The first-order chi connectivity index (χ1) is 13.2. The third kappa shape index (κ3) is 4.44. The molecule has 1 atom stereocenters. The van der Waals surface area contributed by atoms with Crippen LogP contribution < -0.4 is 5.32 Å². The highest BCUT2D eigenvalue weighted by atomic mass is 32.2. The lowest BCUT2D eigenvalue weighted by molar-refractivity contribution is -0.387. The highest BCUT2D eigenvalue weighted by Crippen LogP contribution is 2.30. The molecule has 11 heteroatoms. The average Bonchev–Trinajstić information content (AvgIpc) is 2.67. The summed E-state index contributed by atoms with van der Waals surface area (Å²) >= 11 is 0. The molecule has 1 unspecified atom stereocenters. The molecule has 0 spiro atoms. The van der Waals surface area contributed by atoms with Crippen LogP contribution in [-0.2, 0) is 19.7 Å². The van der Waals surface area contributed by atoms with Crippen molar-refractivity contribution in [3.05, 3.63) is 58.7 Å². The molecule has 0 fully saturated rings. The van der Waals surface area contributed by atoms with Crippen molar-refractivity contribution in [2.24, 2.45) is 0 Å². The normalized spacial score (nSPS) is 17.1. The van der Waals surface area contributed by atoms with Gasteiger partial charge in [-0.25, -0.2) is 8.42 Å². The van der Waals surface area contributed by atoms with Gasteiger partial charge in [0.05, 0.1) is 17.6 Å². The van der Waals surface area contributed by atoms with Crippen LogP contribution in [0.1, 0.15) is 0 Å². The number of nitro benzene ring substituents is 1. The number of likely N-dealkylation sites (N-methyl/N-ethyl adjacent to an activating group) is 1. The second-order valence-corrected chi connectivity index (χ2v) is 7.85. The van der Waals surface area contributed by atoms with Crippen molar-refractivity contribution in [3.63, 3.8) is 0 Å². The summed E-state index contributed by atoms with van der Waals surface area (Å²) in [6.07, 6.45) is 2.92. The van der Waals surface area contributed by atoms with E-state index in [1.54, 1.807) is 20.2 Å². The van der Waals surface area contributed by atoms with Crippen LogP contribution >= 0.6 is 0 Å². The van der Waals surface area contributed by atoms with E-state index in [0.29, 0.717) is 11.0 Å². The quantitative estimate of drug-likeness (QED) is 0.380. The zero-order valence-corrected chi connectivity index (χ0v) is 16.4. The number of nitrogens with zero attached hydrogens (tertiary/aromatic N) is 3. The molecule has 1 aromatic rings. The third-order valence-corrected chi connectivity index (χ3v) is 5.70. The summed E-state index contributed by atoms with van der Waals surface area (Å²) in [5.41, 5.74) is -0.363. The zero-order valence-electron chi connectivity index (χ0n) is 15.6. The summed E-state index contributed by atoms with van der Waals surface area (Å²) in [6.45, 7) is 3.81. The Bertz CT molecular complexity index is 897. The molecule has 1 amide bonds. The molecule has 0 aliphatic carbocycles. The predicted octanol–water partition coefficient (Wildman–Crippen LogP) is 0.690. The van der Waals surface area contributed by atoms with E-state index in [2.05, 4.69) is 11.9 Å². The largest absolute Gasteiger partial charge is 0.345 e. The SMILES string of the molecule is C=CCON(C1CNCC=C1C(=O)N(C)C)S(=O)(=O)c1ccccc1[N+](=O)[O-]. The third-order valence-electron chi connectivity index (χ3n) is 3.97. The summed E-state index contributed by atoms with van der Waals surface area (Å²) in [6, 6.07) is 3.97. The molecule has 0 bridgehead atoms. The van der Waals surface area contributed by atoms with Gasteiger partial charge in [0.15, 0.2) is 4.90 Å². The van der Waals surface area contributed by atoms with Crippen molar-refractivity contribution in [2.45, 2.75) is 10.9 Å². The number of hydrogen-bond donors (Lipinski definition) is 1. The van der Waals surface area contributed by atoms with Crippen molar-refractivity contribution in [2.75, 3.05) is 33.8 Å². The van der Waals surface area contributed by atoms with Crippen LogP contribution in [0, 0.1) is 10.1 Å². The van der Waals surface area contributed by atoms with E-state index in [4.69, 9.17) is 4.84 Å². The fourth-order valence-electron chi connectivity index (χ4n) is 2.70. The maximum atomic E-state index is 13.3. The molecule has 1 aliphatic heterocycles. The Labute approximate surface area is 163 Å². The lowest BCUT2D eigenvalue weighted by Crippen LogP contribution is -2.51. The van der Waals surface area contributed by atoms with Gasteiger partial charge in [0.1, 0.15) is 0 Å². The molecular formula is C17H22N4O6S. The van der Waals surface area contributed by atoms with Gasteiger partial charge in [-0.05, 0) is 6.07 Å². The van der Waals surface area contributed by atoms with E-state index in [0.717, 1.165) is 12.1 Å². The first-order valence-corrected chi connectivity index (χ1v) is 9.80. The number of carbonyl (C=O) groups is 1. The van der Waals surface area contributed by atoms with Gasteiger partial charge < -0.3 is 10.2 Å². The van der Waals surface area contributed by atoms with Crippen molar-refractivity contribution >= 4 is 21.6 Å². The number of amides is 1. The molecule has 0 saturated heterocycles. The van der Waals surface area contributed by atoms with Gasteiger partial charge in [-0.2, -0.15) is 0 Å². The highest BCUT2D eigenvalue weighted by molar-refractivity contribution is 7.89. The van der Waals surface area contributed by atoms with Gasteiger partial charge in [0.2, 0.25) is 0 Å². The molecule has 28 heavy (non-hydrogen) atoms. The summed E-state index contributed by atoms with van der Waals surface area (Å²) in [5, 5.41) is 14.3. The Hall–Kier alpha value is -2.60. The zero-order chi connectivity index (χ0) is 20.9. The second kappa shape index (κ2) is 9.06. The van der Waals surface area contributed by atoms with E-state index in [1.165, 1.54) is 23.1 Å². The Balaban J connectivity index is 2.58. The van der Waals surface area contributed by atoms with Gasteiger partial charge >= 0.3 is 0 Å². The molecule has 2 rings (SSSR count). The standard InChI is InChI=1S/C17H22N4O6S/c1-4-11-27-21(15-12-18-10-9-13(15)17(22)19(2)3)28(25,26)16-8-6-5-7-14(16)20(23)24/h4-9,15,18H,1,10-12H2,2-3H3. The van der Waals surface area contributed by atoms with E-state index >= 15 is 0 Å². The van der Waals surface area contributed by atoms with Crippen LogP contribution in [0.4, 0.5) is 5.69 Å². The summed E-state index contributed by atoms with van der Waals surface area (Å²) < 4.78 is 27.2. The van der Waals surface area contributed by atoms with Gasteiger partial charge in [-0.1, -0.05) is 28.8 Å². The lowest BCUT2D eigenvalue weighted by atomic mass is 10.0. The Morgan fingerprint density at radius 2 is 2.11 bits per heavy atom. The summed E-state index contributed by atoms with van der Waals surface area (Å²) in [4.78, 5) is 29.3. The van der Waals surface area contributed by atoms with Gasteiger partial charge in [0.25, 0.3) is 21.6 Å². The molecule has 0 saturated carbocycles. The fourth-order valence-corrected chi connectivity index (χ4v) is 4.27. The first-order valence-electron chi connectivity index (χ1n) is 8.36. The Morgan fingerprint density at radius 3 is 2.71 bits per heavy atom. The molecule has 1 aliphatic rings. The monoisotopic (exact) mass is 410 g/mol. The van der Waals surface area contributed by atoms with Crippen molar-refractivity contribution in [3.8, 4) is 0 Å². The molecule has 1 aromatic carbocycles. The fraction of sp³-hybridized carbons (Fsp3) is 0.353. The molecule has 1 N–H and O–H groups in total. The van der Waals surface area contributed by atoms with Gasteiger partial charge in [-0.3, -0.25) is 19.7 Å². The number of carbonyl (C=O) groups excluding carboxylic acids is 1. The Morgan fingerprint density at radius 1 is 1.43 bits per heavy atom. The van der Waals surface area contributed by atoms with Crippen LogP contribution in [-0.4, -0.2) is 68.5 Å². The molecule has 10 nitrogen and oxygen atoms in total. The molecule has 152 valence electrons. The minimum absolute atomic E-state index is 0.0996. The van der Waals surface area contributed by atoms with Crippen LogP contribution in [0.5, 0.6) is 0 Å². The maximum Gasteiger partial charge on any atom is 0.289 e. The minimum atomic E-state index is -4.47. The molecule has 1 heterocycles. The average molecular weight is 410 g/mol. The maximum absolute atomic E-state index is 13.3. The van der Waals surface area contributed by atoms with E-state index in [9.17, 15) is 23.3 Å². The van der Waals surface area contributed by atoms with Crippen LogP contribution in [0.3, 0.4) is 0 Å². The Kier molecular flexibility index (Phi) is 7.02. The number of rotatable bonds is 8. The number of benzene rings is 1. The molecule has 0 aromatic heterocycles. The van der Waals surface area contributed by atoms with Gasteiger partial charge in [0, 0.05) is 38.8 Å². The van der Waals surface area contributed by atoms with E-state index < -0.39 is 31.6 Å². The second-order valence-electron chi connectivity index (χ2n) is 6.10. The number of sulfonamides is 1. The topological polar surface area (TPSA) is 122 Å². The molecular weight excluding hydrogens is 388 g/mol. The predicted molar refractivity (Wildman–Crippen MR) is 102 cm³/mol.